The van der Waals surface area contributed by atoms with E-state index in [4.69, 9.17) is 5.73 Å². The Kier molecular flexibility index (Phi) is 3.17. The number of anilines is 1. The van der Waals surface area contributed by atoms with Crippen LogP contribution in [0.4, 0.5) is 5.82 Å². The van der Waals surface area contributed by atoms with Gasteiger partial charge in [-0.15, -0.1) is 11.8 Å². The summed E-state index contributed by atoms with van der Waals surface area (Å²) in [7, 11) is 0. The van der Waals surface area contributed by atoms with Crippen molar-refractivity contribution < 1.29 is 10.2 Å². The van der Waals surface area contributed by atoms with E-state index in [1.165, 1.54) is 22.4 Å². The Bertz CT molecular complexity index is 436. The number of rotatable bonds is 2. The molecule has 1 aliphatic heterocycles. The highest BCUT2D eigenvalue weighted by molar-refractivity contribution is 8.00. The second kappa shape index (κ2) is 4.44. The van der Waals surface area contributed by atoms with Crippen molar-refractivity contribution in [3.8, 4) is 0 Å². The summed E-state index contributed by atoms with van der Waals surface area (Å²) < 4.78 is 1.40. The third-order valence-electron chi connectivity index (χ3n) is 2.53. The van der Waals surface area contributed by atoms with Gasteiger partial charge in [0, 0.05) is 12.6 Å². The SMILES string of the molecule is Nc1ccn([C@H]2C[C@H](O)[C@@H](C[O])S2)c(=O)n1. The van der Waals surface area contributed by atoms with Crippen LogP contribution in [0.3, 0.4) is 0 Å². The molecule has 1 radical (unpaired) electrons. The molecule has 0 bridgehead atoms. The molecular weight excluding hydrogens is 230 g/mol. The minimum absolute atomic E-state index is 0.171. The summed E-state index contributed by atoms with van der Waals surface area (Å²) in [5.74, 6) is 0.171. The van der Waals surface area contributed by atoms with E-state index in [2.05, 4.69) is 4.98 Å². The van der Waals surface area contributed by atoms with Gasteiger partial charge in [0.1, 0.15) is 5.82 Å². The first-order chi connectivity index (χ1) is 7.61. The van der Waals surface area contributed by atoms with E-state index in [1.807, 2.05) is 0 Å². The minimum Gasteiger partial charge on any atom is -0.392 e. The number of nitrogens with two attached hydrogens (primary N) is 1. The molecule has 0 amide bonds. The lowest BCUT2D eigenvalue weighted by Gasteiger charge is -2.11. The molecule has 1 saturated heterocycles. The molecule has 87 valence electrons. The number of thioether (sulfide) groups is 1. The molecule has 1 aliphatic rings. The average Bonchev–Trinajstić information content (AvgIpc) is 2.59. The molecule has 0 aromatic carbocycles. The van der Waals surface area contributed by atoms with E-state index in [0.29, 0.717) is 6.42 Å². The van der Waals surface area contributed by atoms with Crippen LogP contribution in [0.15, 0.2) is 17.1 Å². The topological polar surface area (TPSA) is 101 Å². The fourth-order valence-electron chi connectivity index (χ4n) is 1.68. The van der Waals surface area contributed by atoms with Gasteiger partial charge in [-0.25, -0.2) is 9.90 Å². The third-order valence-corrected chi connectivity index (χ3v) is 4.06. The fourth-order valence-corrected chi connectivity index (χ4v) is 3.06. The lowest BCUT2D eigenvalue weighted by Crippen LogP contribution is -2.25. The van der Waals surface area contributed by atoms with Crippen molar-refractivity contribution in [3.63, 3.8) is 0 Å². The Hall–Kier alpha value is -1.05. The second-order valence-electron chi connectivity index (χ2n) is 3.64. The zero-order chi connectivity index (χ0) is 11.7. The number of nitrogens with zero attached hydrogens (tertiary/aromatic N) is 2. The zero-order valence-corrected chi connectivity index (χ0v) is 9.26. The molecule has 1 aromatic heterocycles. The maximum Gasteiger partial charge on any atom is 0.350 e. The highest BCUT2D eigenvalue weighted by Crippen LogP contribution is 2.40. The van der Waals surface area contributed by atoms with Gasteiger partial charge in [-0.2, -0.15) is 4.98 Å². The highest BCUT2D eigenvalue weighted by atomic mass is 32.2. The summed E-state index contributed by atoms with van der Waals surface area (Å²) in [4.78, 5) is 15.1. The van der Waals surface area contributed by atoms with Gasteiger partial charge in [0.25, 0.3) is 0 Å². The van der Waals surface area contributed by atoms with Crippen LogP contribution in [0.1, 0.15) is 11.8 Å². The standard InChI is InChI=1S/C9H12N3O3S/c10-7-1-2-12(9(15)11-7)8-3-5(14)6(4-13)16-8/h1-2,5-6,8,14H,3-4H2,(H2,10,11,15)/t5-,6+,8+/m0/s1. The van der Waals surface area contributed by atoms with Crippen molar-refractivity contribution >= 4 is 17.6 Å². The quantitative estimate of drug-likeness (QED) is 0.736. The van der Waals surface area contributed by atoms with Crippen molar-refractivity contribution in [2.45, 2.75) is 23.1 Å². The lowest BCUT2D eigenvalue weighted by atomic mass is 10.2. The van der Waals surface area contributed by atoms with Gasteiger partial charge in [-0.05, 0) is 6.07 Å². The van der Waals surface area contributed by atoms with Crippen LogP contribution in [0.2, 0.25) is 0 Å². The highest BCUT2D eigenvalue weighted by Gasteiger charge is 2.35. The summed E-state index contributed by atoms with van der Waals surface area (Å²) >= 11 is 1.31. The van der Waals surface area contributed by atoms with Crippen molar-refractivity contribution in [2.75, 3.05) is 12.3 Å². The van der Waals surface area contributed by atoms with Crippen LogP contribution in [0.5, 0.6) is 0 Å². The Morgan fingerprint density at radius 3 is 3.00 bits per heavy atom. The van der Waals surface area contributed by atoms with Gasteiger partial charge < -0.3 is 10.8 Å². The monoisotopic (exact) mass is 242 g/mol. The first-order valence-electron chi connectivity index (χ1n) is 4.88. The predicted molar refractivity (Wildman–Crippen MR) is 59.5 cm³/mol. The first kappa shape index (κ1) is 11.4. The maximum atomic E-state index is 11.5. The molecule has 2 heterocycles. The number of hydrogen-bond donors (Lipinski definition) is 2. The number of nitrogen functional groups attached to an aromatic ring is 1. The molecule has 3 N–H and O–H groups in total. The normalized spacial score (nSPS) is 29.5. The molecule has 0 aliphatic carbocycles. The molecule has 1 aromatic rings. The molecule has 0 unspecified atom stereocenters. The largest absolute Gasteiger partial charge is 0.392 e. The van der Waals surface area contributed by atoms with E-state index in [0.717, 1.165) is 0 Å². The zero-order valence-electron chi connectivity index (χ0n) is 8.44. The number of aliphatic hydroxyl groups is 1. The van der Waals surface area contributed by atoms with Crippen molar-refractivity contribution in [3.05, 3.63) is 22.7 Å². The number of aromatic nitrogens is 2. The van der Waals surface area contributed by atoms with Gasteiger partial charge in [-0.3, -0.25) is 4.57 Å². The molecule has 2 rings (SSSR count). The average molecular weight is 242 g/mol. The molecule has 16 heavy (non-hydrogen) atoms. The predicted octanol–water partition coefficient (Wildman–Crippen LogP) is -0.379. The summed E-state index contributed by atoms with van der Waals surface area (Å²) in [5, 5.41) is 19.8. The lowest BCUT2D eigenvalue weighted by molar-refractivity contribution is 0.111. The van der Waals surface area contributed by atoms with Crippen LogP contribution >= 0.6 is 11.8 Å². The van der Waals surface area contributed by atoms with Crippen LogP contribution in [0, 0.1) is 0 Å². The molecule has 3 atom stereocenters. The first-order valence-corrected chi connectivity index (χ1v) is 5.82. The maximum absolute atomic E-state index is 11.5. The summed E-state index contributed by atoms with van der Waals surface area (Å²) in [5.41, 5.74) is 4.93. The van der Waals surface area contributed by atoms with E-state index in [1.54, 1.807) is 6.20 Å². The molecule has 1 fully saturated rings. The molecular formula is C9H12N3O3S. The van der Waals surface area contributed by atoms with Crippen LogP contribution in [-0.4, -0.2) is 32.6 Å². The second-order valence-corrected chi connectivity index (χ2v) is 5.06. The van der Waals surface area contributed by atoms with Crippen LogP contribution < -0.4 is 11.4 Å². The summed E-state index contributed by atoms with van der Waals surface area (Å²) in [6.45, 7) is -0.348. The Morgan fingerprint density at radius 2 is 2.44 bits per heavy atom. The van der Waals surface area contributed by atoms with Gasteiger partial charge in [0.2, 0.25) is 0 Å². The van der Waals surface area contributed by atoms with Gasteiger partial charge in [0.05, 0.1) is 23.3 Å². The van der Waals surface area contributed by atoms with E-state index in [9.17, 15) is 15.0 Å². The Morgan fingerprint density at radius 1 is 1.69 bits per heavy atom. The third kappa shape index (κ3) is 2.06. The number of hydrogen-bond acceptors (Lipinski definition) is 5. The minimum atomic E-state index is -0.656. The smallest absolute Gasteiger partial charge is 0.350 e. The van der Waals surface area contributed by atoms with Crippen LogP contribution in [0.25, 0.3) is 0 Å². The summed E-state index contributed by atoms with van der Waals surface area (Å²) in [6.07, 6.45) is 1.28. The van der Waals surface area contributed by atoms with Gasteiger partial charge in [0.15, 0.2) is 0 Å². The molecule has 7 heteroatoms. The molecule has 0 spiro atoms. The van der Waals surface area contributed by atoms with Crippen molar-refractivity contribution in [2.24, 2.45) is 0 Å². The van der Waals surface area contributed by atoms with E-state index >= 15 is 0 Å². The Balaban J connectivity index is 2.23. The van der Waals surface area contributed by atoms with Gasteiger partial charge >= 0.3 is 5.69 Å². The molecule has 0 saturated carbocycles. The molecule has 6 nitrogen and oxygen atoms in total. The van der Waals surface area contributed by atoms with Crippen molar-refractivity contribution in [1.82, 2.24) is 9.55 Å². The van der Waals surface area contributed by atoms with Crippen LogP contribution in [-0.2, 0) is 5.11 Å². The number of aliphatic hydroxyl groups excluding tert-OH is 1. The van der Waals surface area contributed by atoms with Crippen molar-refractivity contribution in [1.29, 1.82) is 0 Å². The van der Waals surface area contributed by atoms with E-state index in [-0.39, 0.29) is 23.0 Å². The Labute approximate surface area is 96.1 Å². The summed E-state index contributed by atoms with van der Waals surface area (Å²) in [6, 6.07) is 1.53. The van der Waals surface area contributed by atoms with Gasteiger partial charge in [-0.1, -0.05) is 0 Å². The van der Waals surface area contributed by atoms with E-state index < -0.39 is 11.8 Å². The fraction of sp³-hybridized carbons (Fsp3) is 0.556.